The Hall–Kier alpha value is -2.22. The highest BCUT2D eigenvalue weighted by atomic mass is 19.4. The first kappa shape index (κ1) is 18.6. The molecule has 8 heteroatoms. The maximum Gasteiger partial charge on any atom is 0.416 e. The summed E-state index contributed by atoms with van der Waals surface area (Å²) in [6.45, 7) is 3.09. The summed E-state index contributed by atoms with van der Waals surface area (Å²) in [5.41, 5.74) is 1.10. The van der Waals surface area contributed by atoms with Crippen molar-refractivity contribution in [2.75, 3.05) is 25.5 Å². The molecule has 2 atom stereocenters. The largest absolute Gasteiger partial charge is 0.416 e. The van der Waals surface area contributed by atoms with E-state index in [-0.39, 0.29) is 6.04 Å². The molecule has 1 N–H and O–H groups in total. The number of likely N-dealkylation sites (tertiary alicyclic amines) is 1. The average Bonchev–Trinajstić information content (AvgIpc) is 2.58. The SMILES string of the molecule is Cc1cc(N[C@H]2CN(C)CC[C@H]2F)nnc1-c1ccc(C(F)(F)F)cc1. The van der Waals surface area contributed by atoms with Crippen LogP contribution in [0.1, 0.15) is 17.5 Å². The minimum atomic E-state index is -4.37. The van der Waals surface area contributed by atoms with Crippen LogP contribution in [-0.4, -0.2) is 47.4 Å². The van der Waals surface area contributed by atoms with Crippen LogP contribution in [0.4, 0.5) is 23.4 Å². The van der Waals surface area contributed by atoms with E-state index < -0.39 is 17.9 Å². The van der Waals surface area contributed by atoms with Crippen LogP contribution in [-0.2, 0) is 6.18 Å². The van der Waals surface area contributed by atoms with Gasteiger partial charge in [0.05, 0.1) is 17.3 Å². The maximum absolute atomic E-state index is 14.1. The Morgan fingerprint density at radius 2 is 1.85 bits per heavy atom. The third-order valence-electron chi connectivity index (χ3n) is 4.53. The first-order valence-electron chi connectivity index (χ1n) is 8.35. The second-order valence-electron chi connectivity index (χ2n) is 6.65. The van der Waals surface area contributed by atoms with Gasteiger partial charge in [0, 0.05) is 18.7 Å². The first-order valence-corrected chi connectivity index (χ1v) is 8.35. The number of benzene rings is 1. The summed E-state index contributed by atoms with van der Waals surface area (Å²) in [5, 5.41) is 11.3. The third-order valence-corrected chi connectivity index (χ3v) is 4.53. The van der Waals surface area contributed by atoms with Crippen molar-refractivity contribution in [2.45, 2.75) is 31.7 Å². The molecule has 140 valence electrons. The number of aromatic nitrogens is 2. The smallest absolute Gasteiger partial charge is 0.362 e. The second kappa shape index (κ2) is 7.19. The van der Waals surface area contributed by atoms with Gasteiger partial charge in [-0.25, -0.2) is 4.39 Å². The highest BCUT2D eigenvalue weighted by Crippen LogP contribution is 2.31. The van der Waals surface area contributed by atoms with Crippen molar-refractivity contribution in [1.82, 2.24) is 15.1 Å². The average molecular weight is 368 g/mol. The van der Waals surface area contributed by atoms with Gasteiger partial charge in [-0.05, 0) is 44.2 Å². The van der Waals surface area contributed by atoms with Crippen LogP contribution < -0.4 is 5.32 Å². The third kappa shape index (κ3) is 4.12. The Bertz CT molecular complexity index is 761. The molecule has 26 heavy (non-hydrogen) atoms. The summed E-state index contributed by atoms with van der Waals surface area (Å²) < 4.78 is 52.1. The molecule has 1 aromatic heterocycles. The van der Waals surface area contributed by atoms with E-state index >= 15 is 0 Å². The maximum atomic E-state index is 14.1. The van der Waals surface area contributed by atoms with Gasteiger partial charge in [0.2, 0.25) is 0 Å². The molecule has 0 unspecified atom stereocenters. The molecule has 4 nitrogen and oxygen atoms in total. The number of nitrogens with zero attached hydrogens (tertiary/aromatic N) is 3. The van der Waals surface area contributed by atoms with Crippen LogP contribution in [0.3, 0.4) is 0 Å². The van der Waals surface area contributed by atoms with Crippen molar-refractivity contribution in [2.24, 2.45) is 0 Å². The topological polar surface area (TPSA) is 41.0 Å². The Morgan fingerprint density at radius 3 is 2.46 bits per heavy atom. The van der Waals surface area contributed by atoms with Gasteiger partial charge >= 0.3 is 6.18 Å². The lowest BCUT2D eigenvalue weighted by atomic mass is 10.0. The molecule has 1 aliphatic heterocycles. The van der Waals surface area contributed by atoms with E-state index in [1.54, 1.807) is 13.0 Å². The van der Waals surface area contributed by atoms with Crippen LogP contribution in [0.2, 0.25) is 0 Å². The molecule has 0 amide bonds. The Morgan fingerprint density at radius 1 is 1.15 bits per heavy atom. The second-order valence-corrected chi connectivity index (χ2v) is 6.65. The number of alkyl halides is 4. The van der Waals surface area contributed by atoms with Gasteiger partial charge in [-0.3, -0.25) is 0 Å². The molecule has 3 rings (SSSR count). The summed E-state index contributed by atoms with van der Waals surface area (Å²) in [7, 11) is 1.94. The van der Waals surface area contributed by atoms with Gasteiger partial charge in [0.15, 0.2) is 0 Å². The minimum absolute atomic E-state index is 0.362. The van der Waals surface area contributed by atoms with Gasteiger partial charge in [-0.15, -0.1) is 10.2 Å². The fraction of sp³-hybridized carbons (Fsp3) is 0.444. The summed E-state index contributed by atoms with van der Waals surface area (Å²) in [6.07, 6.45) is -4.87. The van der Waals surface area contributed by atoms with Crippen LogP contribution in [0.25, 0.3) is 11.3 Å². The molecular formula is C18H20F4N4. The van der Waals surface area contributed by atoms with Crippen molar-refractivity contribution >= 4 is 5.82 Å². The number of hydrogen-bond donors (Lipinski definition) is 1. The molecule has 0 saturated carbocycles. The van der Waals surface area contributed by atoms with Crippen LogP contribution in [0, 0.1) is 6.92 Å². The Labute approximate surface area is 149 Å². The molecule has 1 fully saturated rings. The monoisotopic (exact) mass is 368 g/mol. The van der Waals surface area contributed by atoms with Gasteiger partial charge in [0.25, 0.3) is 0 Å². The van der Waals surface area contributed by atoms with Crippen molar-refractivity contribution < 1.29 is 17.6 Å². The lowest BCUT2D eigenvalue weighted by Crippen LogP contribution is -2.47. The number of hydrogen-bond acceptors (Lipinski definition) is 4. The molecule has 0 radical (unpaired) electrons. The molecule has 0 spiro atoms. The van der Waals surface area contributed by atoms with Crippen LogP contribution in [0.5, 0.6) is 0 Å². The van der Waals surface area contributed by atoms with E-state index in [2.05, 4.69) is 15.5 Å². The number of anilines is 1. The number of nitrogens with one attached hydrogen (secondary N) is 1. The quantitative estimate of drug-likeness (QED) is 0.834. The number of aryl methyl sites for hydroxylation is 1. The van der Waals surface area contributed by atoms with Crippen molar-refractivity contribution in [3.05, 3.63) is 41.5 Å². The standard InChI is InChI=1S/C18H20F4N4/c1-11-9-16(23-15-10-26(2)8-7-14(15)19)24-25-17(11)12-3-5-13(6-4-12)18(20,21)22/h3-6,9,14-15H,7-8,10H2,1-2H3,(H,23,24)/t14-,15+/m1/s1. The van der Waals surface area contributed by atoms with Crippen molar-refractivity contribution in [3.63, 3.8) is 0 Å². The molecule has 2 heterocycles. The molecule has 2 aromatic rings. The molecule has 1 aliphatic rings. The number of rotatable bonds is 3. The first-order chi connectivity index (χ1) is 12.2. The highest BCUT2D eigenvalue weighted by Gasteiger charge is 2.30. The number of likely N-dealkylation sites (N-methyl/N-ethyl adjacent to an activating group) is 1. The molecule has 0 aliphatic carbocycles. The zero-order valence-corrected chi connectivity index (χ0v) is 14.5. The normalized spacial score (nSPS) is 21.6. The zero-order chi connectivity index (χ0) is 18.9. The van der Waals surface area contributed by atoms with Gasteiger partial charge in [-0.1, -0.05) is 12.1 Å². The van der Waals surface area contributed by atoms with Crippen LogP contribution >= 0.6 is 0 Å². The van der Waals surface area contributed by atoms with E-state index in [4.69, 9.17) is 0 Å². The van der Waals surface area contributed by atoms with Crippen molar-refractivity contribution in [1.29, 1.82) is 0 Å². The van der Waals surface area contributed by atoms with E-state index in [0.717, 1.165) is 24.2 Å². The van der Waals surface area contributed by atoms with Gasteiger partial charge < -0.3 is 10.2 Å². The predicted molar refractivity (Wildman–Crippen MR) is 91.6 cm³/mol. The molecular weight excluding hydrogens is 348 g/mol. The van der Waals surface area contributed by atoms with Crippen LogP contribution in [0.15, 0.2) is 30.3 Å². The highest BCUT2D eigenvalue weighted by molar-refractivity contribution is 5.64. The Kier molecular flexibility index (Phi) is 5.13. The van der Waals surface area contributed by atoms with Gasteiger partial charge in [0.1, 0.15) is 12.0 Å². The van der Waals surface area contributed by atoms with E-state index in [1.165, 1.54) is 12.1 Å². The molecule has 1 saturated heterocycles. The van der Waals surface area contributed by atoms with E-state index in [9.17, 15) is 17.6 Å². The lowest BCUT2D eigenvalue weighted by molar-refractivity contribution is -0.137. The molecule has 0 bridgehead atoms. The predicted octanol–water partition coefficient (Wildman–Crippen LogP) is 3.92. The fourth-order valence-electron chi connectivity index (χ4n) is 3.07. The van der Waals surface area contributed by atoms with E-state index in [1.807, 2.05) is 11.9 Å². The Balaban J connectivity index is 1.77. The van der Waals surface area contributed by atoms with E-state index in [0.29, 0.717) is 30.0 Å². The summed E-state index contributed by atoms with van der Waals surface area (Å²) >= 11 is 0. The molecule has 1 aromatic carbocycles. The van der Waals surface area contributed by atoms with Gasteiger partial charge in [-0.2, -0.15) is 13.2 Å². The van der Waals surface area contributed by atoms with Crippen molar-refractivity contribution in [3.8, 4) is 11.3 Å². The number of piperidine rings is 1. The minimum Gasteiger partial charge on any atom is -0.362 e. The summed E-state index contributed by atoms with van der Waals surface area (Å²) in [6, 6.07) is 6.17. The summed E-state index contributed by atoms with van der Waals surface area (Å²) in [5.74, 6) is 0.459. The number of halogens is 4. The fourth-order valence-corrected chi connectivity index (χ4v) is 3.07. The zero-order valence-electron chi connectivity index (χ0n) is 14.5. The summed E-state index contributed by atoms with van der Waals surface area (Å²) in [4.78, 5) is 2.05. The lowest BCUT2D eigenvalue weighted by Gasteiger charge is -2.33.